The third-order valence-electron chi connectivity index (χ3n) is 4.14. The minimum Gasteiger partial charge on any atom is -0.483 e. The lowest BCUT2D eigenvalue weighted by Gasteiger charge is -2.14. The summed E-state index contributed by atoms with van der Waals surface area (Å²) >= 11 is 0. The lowest BCUT2D eigenvalue weighted by molar-refractivity contribution is 0.261. The van der Waals surface area contributed by atoms with Crippen molar-refractivity contribution in [2.75, 3.05) is 5.32 Å². The molecule has 7 nitrogen and oxygen atoms in total. The van der Waals surface area contributed by atoms with Crippen LogP contribution in [-0.2, 0) is 6.61 Å². The van der Waals surface area contributed by atoms with Crippen LogP contribution in [0.3, 0.4) is 0 Å². The van der Waals surface area contributed by atoms with E-state index in [0.717, 1.165) is 22.4 Å². The summed E-state index contributed by atoms with van der Waals surface area (Å²) in [5.41, 5.74) is 4.10. The van der Waals surface area contributed by atoms with Crippen molar-refractivity contribution in [1.82, 2.24) is 10.2 Å². The maximum Gasteiger partial charge on any atom is 0.320 e. The van der Waals surface area contributed by atoms with E-state index >= 15 is 0 Å². The van der Waals surface area contributed by atoms with E-state index in [9.17, 15) is 4.91 Å². The number of hydrogen-bond donors (Lipinski definition) is 1. The maximum atomic E-state index is 10.9. The van der Waals surface area contributed by atoms with Gasteiger partial charge in [0.1, 0.15) is 11.4 Å². The van der Waals surface area contributed by atoms with Gasteiger partial charge in [-0.3, -0.25) is 0 Å². The van der Waals surface area contributed by atoms with Gasteiger partial charge in [-0.25, -0.2) is 0 Å². The number of hydrogen-bond acceptors (Lipinski definition) is 7. The molecule has 0 saturated carbocycles. The van der Waals surface area contributed by atoms with E-state index in [-0.39, 0.29) is 12.5 Å². The number of rotatable bonds is 7. The molecule has 0 amide bonds. The fraction of sp³-hybridized carbons (Fsp3) is 0.300. The first-order chi connectivity index (χ1) is 13.0. The molecule has 1 heterocycles. The van der Waals surface area contributed by atoms with Crippen molar-refractivity contribution < 1.29 is 9.15 Å². The van der Waals surface area contributed by atoms with Crippen LogP contribution in [0.1, 0.15) is 42.3 Å². The molecule has 0 aliphatic carbocycles. The molecular formula is C20H22N4O3. The second kappa shape index (κ2) is 7.99. The Balaban J connectivity index is 1.71. The first-order valence-electron chi connectivity index (χ1n) is 8.73. The predicted molar refractivity (Wildman–Crippen MR) is 104 cm³/mol. The van der Waals surface area contributed by atoms with Gasteiger partial charge >= 0.3 is 6.01 Å². The molecule has 3 rings (SSSR count). The number of nitroso groups, excluding NO2 is 1. The fourth-order valence-corrected chi connectivity index (χ4v) is 2.71. The number of aromatic nitrogens is 2. The molecular weight excluding hydrogens is 344 g/mol. The van der Waals surface area contributed by atoms with Crippen LogP contribution in [0.2, 0.25) is 0 Å². The van der Waals surface area contributed by atoms with Crippen LogP contribution in [0, 0.1) is 18.8 Å². The third-order valence-corrected chi connectivity index (χ3v) is 4.14. The summed E-state index contributed by atoms with van der Waals surface area (Å²) in [6.07, 6.45) is 0. The Morgan fingerprint density at radius 2 is 2.00 bits per heavy atom. The molecule has 7 heteroatoms. The molecule has 0 saturated heterocycles. The normalized spacial score (nSPS) is 10.9. The summed E-state index contributed by atoms with van der Waals surface area (Å²) in [5, 5.41) is 14.1. The first kappa shape index (κ1) is 18.6. The van der Waals surface area contributed by atoms with Crippen molar-refractivity contribution in [1.29, 1.82) is 0 Å². The van der Waals surface area contributed by atoms with Gasteiger partial charge in [-0.05, 0) is 65.9 Å². The minimum atomic E-state index is 0.134. The Morgan fingerprint density at radius 1 is 1.19 bits per heavy atom. The molecule has 0 aliphatic rings. The van der Waals surface area contributed by atoms with Crippen LogP contribution < -0.4 is 10.1 Å². The third kappa shape index (κ3) is 4.49. The zero-order valence-electron chi connectivity index (χ0n) is 15.8. The quantitative estimate of drug-likeness (QED) is 0.553. The summed E-state index contributed by atoms with van der Waals surface area (Å²) in [5.74, 6) is 1.22. The lowest BCUT2D eigenvalue weighted by Crippen LogP contribution is -2.01. The second-order valence-electron chi connectivity index (χ2n) is 6.71. The summed E-state index contributed by atoms with van der Waals surface area (Å²) in [6.45, 7) is 8.03. The fourth-order valence-electron chi connectivity index (χ4n) is 2.71. The molecule has 0 atom stereocenters. The second-order valence-corrected chi connectivity index (χ2v) is 6.71. The molecule has 27 heavy (non-hydrogen) atoms. The van der Waals surface area contributed by atoms with Gasteiger partial charge in [-0.2, -0.15) is 0 Å². The van der Waals surface area contributed by atoms with E-state index in [0.29, 0.717) is 23.3 Å². The van der Waals surface area contributed by atoms with E-state index < -0.39 is 0 Å². The molecule has 1 N–H and O–H groups in total. The highest BCUT2D eigenvalue weighted by atomic mass is 16.5. The SMILES string of the molecule is Cc1cccc(Nc2nnc(COc3cc(C)c(N=O)cc3C(C)C)o2)c1. The number of benzene rings is 2. The molecule has 140 valence electrons. The molecule has 1 aromatic heterocycles. The topological polar surface area (TPSA) is 89.6 Å². The largest absolute Gasteiger partial charge is 0.483 e. The van der Waals surface area contributed by atoms with Gasteiger partial charge in [0, 0.05) is 5.69 Å². The van der Waals surface area contributed by atoms with Crippen molar-refractivity contribution in [2.45, 2.75) is 40.2 Å². The van der Waals surface area contributed by atoms with E-state index in [1.165, 1.54) is 0 Å². The van der Waals surface area contributed by atoms with Crippen LogP contribution in [0.5, 0.6) is 5.75 Å². The van der Waals surface area contributed by atoms with Gasteiger partial charge in [0.2, 0.25) is 0 Å². The Hall–Kier alpha value is -3.22. The highest BCUT2D eigenvalue weighted by molar-refractivity contribution is 5.54. The average Bonchev–Trinajstić information content (AvgIpc) is 3.07. The lowest BCUT2D eigenvalue weighted by atomic mass is 9.99. The number of nitrogens with zero attached hydrogens (tertiary/aromatic N) is 3. The molecule has 2 aromatic carbocycles. The smallest absolute Gasteiger partial charge is 0.320 e. The first-order valence-corrected chi connectivity index (χ1v) is 8.73. The molecule has 0 spiro atoms. The van der Waals surface area contributed by atoms with E-state index in [1.54, 1.807) is 6.07 Å². The summed E-state index contributed by atoms with van der Waals surface area (Å²) < 4.78 is 11.5. The highest BCUT2D eigenvalue weighted by Crippen LogP contribution is 2.34. The molecule has 0 radical (unpaired) electrons. The van der Waals surface area contributed by atoms with Gasteiger partial charge in [0.25, 0.3) is 5.89 Å². The number of ether oxygens (including phenoxy) is 1. The molecule has 0 bridgehead atoms. The van der Waals surface area contributed by atoms with Crippen LogP contribution in [0.15, 0.2) is 46.0 Å². The van der Waals surface area contributed by atoms with Gasteiger partial charge < -0.3 is 14.5 Å². The van der Waals surface area contributed by atoms with Gasteiger partial charge in [0.05, 0.1) is 0 Å². The van der Waals surface area contributed by atoms with E-state index in [1.807, 2.05) is 58.0 Å². The summed E-state index contributed by atoms with van der Waals surface area (Å²) in [6, 6.07) is 11.8. The molecule has 0 unspecified atom stereocenters. The monoisotopic (exact) mass is 366 g/mol. The zero-order valence-corrected chi connectivity index (χ0v) is 15.8. The van der Waals surface area contributed by atoms with Crippen LogP contribution >= 0.6 is 0 Å². The molecule has 0 fully saturated rings. The predicted octanol–water partition coefficient (Wildman–Crippen LogP) is 5.53. The number of anilines is 2. The van der Waals surface area contributed by atoms with Gasteiger partial charge in [-0.15, -0.1) is 10.0 Å². The minimum absolute atomic E-state index is 0.134. The Bertz CT molecular complexity index is 950. The average molecular weight is 366 g/mol. The van der Waals surface area contributed by atoms with Crippen molar-refractivity contribution in [3.63, 3.8) is 0 Å². The molecule has 3 aromatic rings. The van der Waals surface area contributed by atoms with Gasteiger partial charge in [0.15, 0.2) is 6.61 Å². The Labute approximate surface area is 157 Å². The van der Waals surface area contributed by atoms with Crippen molar-refractivity contribution in [3.8, 4) is 5.75 Å². The standard InChI is InChI=1S/C20H22N4O3/c1-12(2)16-10-17(24-25)14(4)9-18(16)26-11-19-22-23-20(27-19)21-15-7-5-6-13(3)8-15/h5-10,12H,11H2,1-4H3,(H,21,23). The van der Waals surface area contributed by atoms with Crippen molar-refractivity contribution in [2.24, 2.45) is 5.18 Å². The highest BCUT2D eigenvalue weighted by Gasteiger charge is 2.14. The summed E-state index contributed by atoms with van der Waals surface area (Å²) in [7, 11) is 0. The van der Waals surface area contributed by atoms with E-state index in [4.69, 9.17) is 9.15 Å². The van der Waals surface area contributed by atoms with Crippen LogP contribution in [-0.4, -0.2) is 10.2 Å². The van der Waals surface area contributed by atoms with Crippen LogP contribution in [0.25, 0.3) is 0 Å². The van der Waals surface area contributed by atoms with Gasteiger partial charge in [-0.1, -0.05) is 31.1 Å². The molecule has 0 aliphatic heterocycles. The zero-order chi connectivity index (χ0) is 19.4. The van der Waals surface area contributed by atoms with E-state index in [2.05, 4.69) is 20.7 Å². The van der Waals surface area contributed by atoms with Crippen molar-refractivity contribution >= 4 is 17.4 Å². The van der Waals surface area contributed by atoms with Crippen LogP contribution in [0.4, 0.5) is 17.4 Å². The number of aryl methyl sites for hydroxylation is 2. The maximum absolute atomic E-state index is 10.9. The Kier molecular flexibility index (Phi) is 5.49. The Morgan fingerprint density at radius 3 is 2.70 bits per heavy atom. The summed E-state index contributed by atoms with van der Waals surface area (Å²) in [4.78, 5) is 10.9. The van der Waals surface area contributed by atoms with Crippen molar-refractivity contribution in [3.05, 3.63) is 63.9 Å². The number of nitrogens with one attached hydrogen (secondary N) is 1.